The molecular weight excluding hydrogens is 266 g/mol. The first-order valence-corrected chi connectivity index (χ1v) is 8.10. The van der Waals surface area contributed by atoms with Crippen molar-refractivity contribution in [3.63, 3.8) is 0 Å². The summed E-state index contributed by atoms with van der Waals surface area (Å²) < 4.78 is 5.96. The zero-order valence-electron chi connectivity index (χ0n) is 13.0. The minimum atomic E-state index is -0.631. The van der Waals surface area contributed by atoms with Crippen molar-refractivity contribution >= 4 is 5.97 Å². The predicted molar refractivity (Wildman–Crippen MR) is 80.1 cm³/mol. The zero-order chi connectivity index (χ0) is 15.0. The summed E-state index contributed by atoms with van der Waals surface area (Å²) >= 11 is 0. The third-order valence-corrected chi connectivity index (χ3v) is 5.15. The molecule has 3 rings (SSSR count). The van der Waals surface area contributed by atoms with Crippen LogP contribution in [0.25, 0.3) is 0 Å². The third-order valence-electron chi connectivity index (χ3n) is 5.15. The molecule has 0 aromatic carbocycles. The molecule has 0 bridgehead atoms. The monoisotopic (exact) mass is 291 g/mol. The van der Waals surface area contributed by atoms with Crippen LogP contribution in [0, 0.1) is 11.3 Å². The van der Waals surface area contributed by atoms with E-state index in [4.69, 9.17) is 4.42 Å². The molecule has 1 aliphatic carbocycles. The molecule has 1 saturated heterocycles. The number of hydrogen-bond acceptors (Lipinski definition) is 3. The normalized spacial score (nSPS) is 28.5. The molecule has 4 heteroatoms. The van der Waals surface area contributed by atoms with Crippen LogP contribution in [0.3, 0.4) is 0 Å². The molecule has 1 N–H and O–H groups in total. The van der Waals surface area contributed by atoms with E-state index in [2.05, 4.69) is 30.9 Å². The van der Waals surface area contributed by atoms with Gasteiger partial charge in [0.25, 0.3) is 0 Å². The van der Waals surface area contributed by atoms with E-state index >= 15 is 0 Å². The summed E-state index contributed by atoms with van der Waals surface area (Å²) in [5, 5.41) is 9.44. The molecule has 1 aromatic rings. The number of rotatable bonds is 5. The first-order chi connectivity index (χ1) is 10.0. The summed E-state index contributed by atoms with van der Waals surface area (Å²) in [6.45, 7) is 6.01. The summed E-state index contributed by atoms with van der Waals surface area (Å²) in [5.74, 6) is 2.07. The molecule has 2 unspecified atom stereocenters. The van der Waals surface area contributed by atoms with Crippen molar-refractivity contribution in [1.29, 1.82) is 0 Å². The number of hydrogen-bond donors (Lipinski definition) is 1. The molecule has 2 aliphatic rings. The van der Waals surface area contributed by atoms with E-state index in [1.807, 2.05) is 0 Å². The Labute approximate surface area is 126 Å². The number of carboxylic acids is 1. The van der Waals surface area contributed by atoms with Gasteiger partial charge < -0.3 is 9.52 Å². The number of carboxylic acid groups (broad SMARTS) is 1. The van der Waals surface area contributed by atoms with Crippen LogP contribution < -0.4 is 0 Å². The Morgan fingerprint density at radius 2 is 2.24 bits per heavy atom. The van der Waals surface area contributed by atoms with Gasteiger partial charge in [0, 0.05) is 13.0 Å². The second-order valence-electron chi connectivity index (χ2n) is 6.86. The van der Waals surface area contributed by atoms with Crippen molar-refractivity contribution in [2.45, 2.75) is 52.0 Å². The van der Waals surface area contributed by atoms with Crippen LogP contribution >= 0.6 is 0 Å². The fraction of sp³-hybridized carbons (Fsp3) is 0.706. The van der Waals surface area contributed by atoms with Gasteiger partial charge in [-0.05, 0) is 50.3 Å². The maximum absolute atomic E-state index is 11.5. The van der Waals surface area contributed by atoms with Gasteiger partial charge >= 0.3 is 5.97 Å². The summed E-state index contributed by atoms with van der Waals surface area (Å²) in [6.07, 6.45) is 4.75. The average Bonchev–Trinajstić information content (AvgIpc) is 3.09. The molecule has 2 fully saturated rings. The van der Waals surface area contributed by atoms with Gasteiger partial charge in [0.1, 0.15) is 11.5 Å². The third kappa shape index (κ3) is 2.86. The smallest absolute Gasteiger partial charge is 0.310 e. The molecule has 1 aromatic heterocycles. The summed E-state index contributed by atoms with van der Waals surface area (Å²) in [7, 11) is 0. The van der Waals surface area contributed by atoms with E-state index in [1.165, 1.54) is 0 Å². The highest BCUT2D eigenvalue weighted by atomic mass is 16.4. The van der Waals surface area contributed by atoms with Crippen molar-refractivity contribution in [2.24, 2.45) is 11.3 Å². The predicted octanol–water partition coefficient (Wildman–Crippen LogP) is 3.48. The Morgan fingerprint density at radius 1 is 1.48 bits per heavy atom. The zero-order valence-corrected chi connectivity index (χ0v) is 13.0. The van der Waals surface area contributed by atoms with Gasteiger partial charge in [-0.15, -0.1) is 0 Å². The lowest BCUT2D eigenvalue weighted by molar-refractivity contribution is -0.144. The molecule has 0 amide bonds. The van der Waals surface area contributed by atoms with Gasteiger partial charge in [-0.2, -0.15) is 0 Å². The first kappa shape index (κ1) is 14.6. The molecule has 4 nitrogen and oxygen atoms in total. The van der Waals surface area contributed by atoms with Gasteiger partial charge in [-0.3, -0.25) is 9.69 Å². The van der Waals surface area contributed by atoms with Crippen LogP contribution in [0.2, 0.25) is 0 Å². The molecule has 1 aliphatic heterocycles. The lowest BCUT2D eigenvalue weighted by Crippen LogP contribution is -2.41. The van der Waals surface area contributed by atoms with Gasteiger partial charge in [-0.25, -0.2) is 0 Å². The Morgan fingerprint density at radius 3 is 2.81 bits per heavy atom. The largest absolute Gasteiger partial charge is 0.481 e. The van der Waals surface area contributed by atoms with Crippen LogP contribution in [-0.4, -0.2) is 29.1 Å². The highest BCUT2D eigenvalue weighted by Gasteiger charge is 2.52. The van der Waals surface area contributed by atoms with Crippen LogP contribution in [0.1, 0.15) is 57.1 Å². The number of aryl methyl sites for hydroxylation is 1. The lowest BCUT2D eigenvalue weighted by Gasteiger charge is -2.38. The van der Waals surface area contributed by atoms with Crippen molar-refractivity contribution < 1.29 is 14.3 Å². The van der Waals surface area contributed by atoms with E-state index in [9.17, 15) is 9.90 Å². The number of likely N-dealkylation sites (tertiary alicyclic amines) is 1. The second kappa shape index (κ2) is 5.48. The second-order valence-corrected chi connectivity index (χ2v) is 6.86. The Bertz CT molecular complexity index is 518. The van der Waals surface area contributed by atoms with E-state index in [0.29, 0.717) is 12.5 Å². The fourth-order valence-electron chi connectivity index (χ4n) is 3.42. The first-order valence-electron chi connectivity index (χ1n) is 8.10. The molecular formula is C17H25NO3. The Balaban J connectivity index is 1.78. The van der Waals surface area contributed by atoms with E-state index in [0.717, 1.165) is 50.2 Å². The van der Waals surface area contributed by atoms with Gasteiger partial charge in [0.05, 0.1) is 11.5 Å². The molecule has 0 spiro atoms. The molecule has 1 saturated carbocycles. The summed E-state index contributed by atoms with van der Waals surface area (Å²) in [4.78, 5) is 13.8. The van der Waals surface area contributed by atoms with Crippen molar-refractivity contribution in [2.75, 3.05) is 13.1 Å². The maximum atomic E-state index is 11.5. The molecule has 2 heterocycles. The molecule has 2 atom stereocenters. The summed E-state index contributed by atoms with van der Waals surface area (Å²) in [6, 6.07) is 4.37. The molecule has 0 radical (unpaired) electrons. The van der Waals surface area contributed by atoms with Crippen molar-refractivity contribution in [3.05, 3.63) is 23.7 Å². The van der Waals surface area contributed by atoms with Crippen LogP contribution in [0.4, 0.5) is 0 Å². The quantitative estimate of drug-likeness (QED) is 0.902. The van der Waals surface area contributed by atoms with Crippen LogP contribution in [0.5, 0.6) is 0 Å². The minimum Gasteiger partial charge on any atom is -0.481 e. The molecule has 21 heavy (non-hydrogen) atoms. The summed E-state index contributed by atoms with van der Waals surface area (Å²) in [5.41, 5.74) is -0.487. The molecule has 116 valence electrons. The van der Waals surface area contributed by atoms with Crippen molar-refractivity contribution in [1.82, 2.24) is 4.90 Å². The van der Waals surface area contributed by atoms with Crippen LogP contribution in [-0.2, 0) is 11.2 Å². The van der Waals surface area contributed by atoms with Gasteiger partial charge in [-0.1, -0.05) is 13.8 Å². The number of nitrogens with zero attached hydrogens (tertiary/aromatic N) is 1. The van der Waals surface area contributed by atoms with Gasteiger partial charge in [0.2, 0.25) is 0 Å². The maximum Gasteiger partial charge on any atom is 0.310 e. The fourth-order valence-corrected chi connectivity index (χ4v) is 3.42. The number of furan rings is 1. The Kier molecular flexibility index (Phi) is 3.82. The van der Waals surface area contributed by atoms with Crippen LogP contribution in [0.15, 0.2) is 16.5 Å². The van der Waals surface area contributed by atoms with Crippen molar-refractivity contribution in [3.8, 4) is 0 Å². The highest BCUT2D eigenvalue weighted by Crippen LogP contribution is 2.49. The minimum absolute atomic E-state index is 0.242. The number of piperidine rings is 1. The Hall–Kier alpha value is -1.29. The van der Waals surface area contributed by atoms with E-state index < -0.39 is 11.4 Å². The van der Waals surface area contributed by atoms with E-state index in [-0.39, 0.29) is 6.04 Å². The van der Waals surface area contributed by atoms with E-state index in [1.54, 1.807) is 0 Å². The topological polar surface area (TPSA) is 53.7 Å². The number of aliphatic carboxylic acids is 1. The average molecular weight is 291 g/mol. The van der Waals surface area contributed by atoms with Gasteiger partial charge in [0.15, 0.2) is 0 Å². The highest BCUT2D eigenvalue weighted by molar-refractivity contribution is 5.78. The lowest BCUT2D eigenvalue weighted by atomic mass is 9.90. The SMILES string of the molecule is CCc1ccc(C2CC(C)CCN2CC2(C(=O)O)CC2)o1. The standard InChI is InChI=1S/C17H25NO3/c1-3-13-4-5-15(21-13)14-10-12(2)6-9-18(14)11-17(7-8-17)16(19)20/h4-5,12,14H,3,6-11H2,1-2H3,(H,19,20). The number of carbonyl (C=O) groups is 1.